The highest BCUT2D eigenvalue weighted by molar-refractivity contribution is 7.21. The van der Waals surface area contributed by atoms with Crippen LogP contribution in [0.5, 0.6) is 5.75 Å². The molecule has 8 nitrogen and oxygen atoms in total. The molecular weight excluding hydrogens is 368 g/mol. The van der Waals surface area contributed by atoms with Crippen molar-refractivity contribution in [3.63, 3.8) is 0 Å². The summed E-state index contributed by atoms with van der Waals surface area (Å²) in [6.45, 7) is 0. The molecule has 1 aliphatic rings. The van der Waals surface area contributed by atoms with Crippen molar-refractivity contribution in [2.24, 2.45) is 0 Å². The number of nitrogens with zero attached hydrogens (tertiary/aromatic N) is 3. The number of amides is 2. The van der Waals surface area contributed by atoms with E-state index >= 15 is 0 Å². The Labute approximate surface area is 149 Å². The summed E-state index contributed by atoms with van der Waals surface area (Å²) in [5, 5.41) is 12.7. The van der Waals surface area contributed by atoms with Crippen LogP contribution >= 0.6 is 22.9 Å². The van der Waals surface area contributed by atoms with Crippen molar-refractivity contribution in [3.8, 4) is 5.75 Å². The van der Waals surface area contributed by atoms with Crippen LogP contribution in [0, 0.1) is 0 Å². The minimum absolute atomic E-state index is 0.00138. The first-order chi connectivity index (χ1) is 12.0. The first kappa shape index (κ1) is 15.6. The third kappa shape index (κ3) is 2.28. The van der Waals surface area contributed by atoms with E-state index in [-0.39, 0.29) is 16.4 Å². The van der Waals surface area contributed by atoms with Crippen molar-refractivity contribution in [1.29, 1.82) is 0 Å². The maximum atomic E-state index is 12.7. The molecule has 0 bridgehead atoms. The van der Waals surface area contributed by atoms with Crippen molar-refractivity contribution in [3.05, 3.63) is 34.4 Å². The lowest BCUT2D eigenvalue weighted by Crippen LogP contribution is -2.35. The second-order valence-electron chi connectivity index (χ2n) is 5.07. The summed E-state index contributed by atoms with van der Waals surface area (Å²) in [4.78, 5) is 34.2. The lowest BCUT2D eigenvalue weighted by molar-refractivity contribution is 0.0703. The van der Waals surface area contributed by atoms with E-state index in [0.717, 1.165) is 11.3 Å². The Balaban J connectivity index is 2.00. The number of hydrogen-bond acceptors (Lipinski definition) is 6. The quantitative estimate of drug-likeness (QED) is 0.721. The van der Waals surface area contributed by atoms with Gasteiger partial charge in [0.2, 0.25) is 0 Å². The summed E-state index contributed by atoms with van der Waals surface area (Å²) in [7, 11) is 1.50. The second kappa shape index (κ2) is 5.57. The minimum Gasteiger partial charge on any atom is -0.497 e. The van der Waals surface area contributed by atoms with E-state index in [1.54, 1.807) is 18.2 Å². The topological polar surface area (TPSA) is 105 Å². The minimum atomic E-state index is -1.14. The van der Waals surface area contributed by atoms with Gasteiger partial charge in [-0.15, -0.1) is 11.3 Å². The molecule has 2 amide bonds. The predicted octanol–water partition coefficient (Wildman–Crippen LogP) is 3.74. The number of rotatable bonds is 3. The lowest BCUT2D eigenvalue weighted by Gasteiger charge is -2.27. The van der Waals surface area contributed by atoms with Crippen LogP contribution < -0.4 is 15.0 Å². The largest absolute Gasteiger partial charge is 0.497 e. The summed E-state index contributed by atoms with van der Waals surface area (Å²) in [5.41, 5.74) is 0.565. The van der Waals surface area contributed by atoms with Gasteiger partial charge in [0.1, 0.15) is 21.8 Å². The molecule has 0 spiro atoms. The number of urea groups is 1. The molecule has 0 fully saturated rings. The van der Waals surface area contributed by atoms with E-state index in [1.807, 2.05) is 0 Å². The fraction of sp³-hybridized carbons (Fsp3) is 0.0667. The number of halogens is 1. The third-order valence-electron chi connectivity index (χ3n) is 3.70. The van der Waals surface area contributed by atoms with Crippen molar-refractivity contribution in [2.75, 3.05) is 17.3 Å². The van der Waals surface area contributed by atoms with E-state index in [2.05, 4.69) is 15.3 Å². The number of benzene rings is 1. The van der Waals surface area contributed by atoms with Crippen LogP contribution in [0.25, 0.3) is 10.2 Å². The molecule has 0 atom stereocenters. The van der Waals surface area contributed by atoms with Crippen LogP contribution in [0.3, 0.4) is 0 Å². The zero-order chi connectivity index (χ0) is 17.7. The van der Waals surface area contributed by atoms with Gasteiger partial charge in [-0.1, -0.05) is 11.6 Å². The van der Waals surface area contributed by atoms with Gasteiger partial charge >= 0.3 is 12.0 Å². The molecule has 126 valence electrons. The molecule has 0 unspecified atom stereocenters. The molecule has 25 heavy (non-hydrogen) atoms. The number of thiophene rings is 1. The highest BCUT2D eigenvalue weighted by atomic mass is 35.5. The molecule has 2 aromatic heterocycles. The van der Waals surface area contributed by atoms with Gasteiger partial charge < -0.3 is 15.2 Å². The summed E-state index contributed by atoms with van der Waals surface area (Å²) in [6.07, 6.45) is 1.28. The van der Waals surface area contributed by atoms with Gasteiger partial charge in [0.15, 0.2) is 5.82 Å². The number of carbonyl (C=O) groups is 2. The van der Waals surface area contributed by atoms with Crippen molar-refractivity contribution in [2.45, 2.75) is 0 Å². The molecule has 0 saturated carbocycles. The second-order valence-corrected chi connectivity index (χ2v) is 6.48. The van der Waals surface area contributed by atoms with Crippen LogP contribution in [0.15, 0.2) is 24.5 Å². The smallest absolute Gasteiger partial charge is 0.348 e. The van der Waals surface area contributed by atoms with Crippen LogP contribution in [0.1, 0.15) is 9.67 Å². The van der Waals surface area contributed by atoms with E-state index in [9.17, 15) is 14.7 Å². The highest BCUT2D eigenvalue weighted by Gasteiger charge is 2.34. The SMILES string of the molecule is COc1ccc(Cl)c(N2C(=O)Nc3c(C(=O)O)sc4ncnc2c34)c1. The van der Waals surface area contributed by atoms with E-state index in [1.165, 1.54) is 18.3 Å². The molecule has 1 aliphatic heterocycles. The molecule has 0 saturated heterocycles. The Kier molecular flexibility index (Phi) is 3.48. The zero-order valence-corrected chi connectivity index (χ0v) is 14.2. The van der Waals surface area contributed by atoms with Crippen LogP contribution in [-0.2, 0) is 0 Å². The fourth-order valence-electron chi connectivity index (χ4n) is 2.63. The monoisotopic (exact) mass is 376 g/mol. The van der Waals surface area contributed by atoms with Gasteiger partial charge in [-0.3, -0.25) is 0 Å². The van der Waals surface area contributed by atoms with Gasteiger partial charge in [-0.2, -0.15) is 0 Å². The summed E-state index contributed by atoms with van der Waals surface area (Å²) in [6, 6.07) is 4.31. The van der Waals surface area contributed by atoms with E-state index in [0.29, 0.717) is 26.7 Å². The van der Waals surface area contributed by atoms with E-state index in [4.69, 9.17) is 16.3 Å². The highest BCUT2D eigenvalue weighted by Crippen LogP contribution is 2.46. The Morgan fingerprint density at radius 2 is 2.20 bits per heavy atom. The number of anilines is 3. The number of carboxylic acids is 1. The molecule has 0 aliphatic carbocycles. The Bertz CT molecular complexity index is 1050. The maximum Gasteiger partial charge on any atom is 0.348 e. The van der Waals surface area contributed by atoms with Gasteiger partial charge in [0.05, 0.1) is 28.9 Å². The normalized spacial score (nSPS) is 13.0. The van der Waals surface area contributed by atoms with Gasteiger partial charge in [0, 0.05) is 6.07 Å². The number of carboxylic acid groups (broad SMARTS) is 1. The molecule has 1 aromatic carbocycles. The van der Waals surface area contributed by atoms with Crippen molar-refractivity contribution in [1.82, 2.24) is 9.97 Å². The summed E-state index contributed by atoms with van der Waals surface area (Å²) in [5.74, 6) is -0.361. The molecule has 10 heteroatoms. The Morgan fingerprint density at radius 1 is 1.40 bits per heavy atom. The third-order valence-corrected chi connectivity index (χ3v) is 5.11. The number of carbonyl (C=O) groups excluding carboxylic acids is 1. The average Bonchev–Trinajstić information content (AvgIpc) is 2.96. The number of ether oxygens (including phenoxy) is 1. The predicted molar refractivity (Wildman–Crippen MR) is 93.5 cm³/mol. The summed E-state index contributed by atoms with van der Waals surface area (Å²) < 4.78 is 5.19. The maximum absolute atomic E-state index is 12.7. The van der Waals surface area contributed by atoms with Crippen LogP contribution in [0.2, 0.25) is 5.02 Å². The van der Waals surface area contributed by atoms with Crippen molar-refractivity contribution < 1.29 is 19.4 Å². The molecule has 0 radical (unpaired) electrons. The number of aromatic carboxylic acids is 1. The first-order valence-corrected chi connectivity index (χ1v) is 8.16. The van der Waals surface area contributed by atoms with Gasteiger partial charge in [-0.05, 0) is 12.1 Å². The number of methoxy groups -OCH3 is 1. The number of hydrogen-bond donors (Lipinski definition) is 2. The zero-order valence-electron chi connectivity index (χ0n) is 12.6. The first-order valence-electron chi connectivity index (χ1n) is 6.96. The van der Waals surface area contributed by atoms with Crippen LogP contribution in [0.4, 0.5) is 22.0 Å². The Morgan fingerprint density at radius 3 is 2.92 bits per heavy atom. The molecular formula is C15H9ClN4O4S. The van der Waals surface area contributed by atoms with E-state index < -0.39 is 12.0 Å². The molecule has 4 rings (SSSR count). The summed E-state index contributed by atoms with van der Waals surface area (Å²) >= 11 is 7.23. The van der Waals surface area contributed by atoms with Gasteiger partial charge in [-0.25, -0.2) is 24.5 Å². The average molecular weight is 377 g/mol. The van der Waals surface area contributed by atoms with Crippen LogP contribution in [-0.4, -0.2) is 34.2 Å². The fourth-order valence-corrected chi connectivity index (χ4v) is 3.76. The molecule has 2 N–H and O–H groups in total. The standard InChI is InChI=1S/C15H9ClN4O4S/c1-24-6-2-3-7(16)8(4-6)20-12-9-10(19-15(20)23)11(14(21)22)25-13(9)18-5-17-12/h2-5H,1H3,(H,19,23)(H,21,22). The Hall–Kier alpha value is -2.91. The lowest BCUT2D eigenvalue weighted by atomic mass is 10.2. The van der Waals surface area contributed by atoms with Gasteiger partial charge in [0.25, 0.3) is 0 Å². The molecule has 3 aromatic rings. The number of aromatic nitrogens is 2. The molecule has 3 heterocycles. The van der Waals surface area contributed by atoms with Crippen molar-refractivity contribution >= 4 is 62.3 Å². The number of nitrogens with one attached hydrogen (secondary N) is 1.